The van der Waals surface area contributed by atoms with E-state index in [1.807, 2.05) is 0 Å². The standard InChI is InChI=1S/C12H14N2O4S/c1-9-12(14-18-13-9)8-19(15,16)7-10-4-3-5-11(6-10)17-2/h3-6H,7-8H2,1-2H3. The van der Waals surface area contributed by atoms with Crippen LogP contribution in [0.5, 0.6) is 5.75 Å². The highest BCUT2D eigenvalue weighted by Gasteiger charge is 2.18. The van der Waals surface area contributed by atoms with Gasteiger partial charge in [-0.2, -0.15) is 0 Å². The zero-order valence-corrected chi connectivity index (χ0v) is 11.5. The van der Waals surface area contributed by atoms with E-state index in [1.54, 1.807) is 31.2 Å². The molecular formula is C12H14N2O4S. The fourth-order valence-electron chi connectivity index (χ4n) is 1.66. The van der Waals surface area contributed by atoms with Crippen molar-refractivity contribution in [1.29, 1.82) is 0 Å². The number of aromatic nitrogens is 2. The molecule has 7 heteroatoms. The molecule has 102 valence electrons. The van der Waals surface area contributed by atoms with E-state index in [1.165, 1.54) is 7.11 Å². The summed E-state index contributed by atoms with van der Waals surface area (Å²) < 4.78 is 33.7. The third-order valence-electron chi connectivity index (χ3n) is 2.62. The van der Waals surface area contributed by atoms with Crippen LogP contribution >= 0.6 is 0 Å². The average Bonchev–Trinajstić information content (AvgIpc) is 2.74. The van der Waals surface area contributed by atoms with Gasteiger partial charge in [-0.1, -0.05) is 22.4 Å². The van der Waals surface area contributed by atoms with E-state index in [0.717, 1.165) is 0 Å². The second kappa shape index (κ2) is 5.40. The van der Waals surface area contributed by atoms with Gasteiger partial charge in [-0.05, 0) is 24.6 Å². The van der Waals surface area contributed by atoms with Crippen LogP contribution in [0.2, 0.25) is 0 Å². The molecule has 0 bridgehead atoms. The number of sulfone groups is 1. The summed E-state index contributed by atoms with van der Waals surface area (Å²) in [5, 5.41) is 7.15. The summed E-state index contributed by atoms with van der Waals surface area (Å²) in [4.78, 5) is 0. The van der Waals surface area contributed by atoms with Gasteiger partial charge in [0.15, 0.2) is 9.84 Å². The fourth-order valence-corrected chi connectivity index (χ4v) is 3.12. The Hall–Kier alpha value is -1.89. The quantitative estimate of drug-likeness (QED) is 0.826. The molecule has 2 rings (SSSR count). The number of benzene rings is 1. The zero-order valence-electron chi connectivity index (χ0n) is 10.7. The fraction of sp³-hybridized carbons (Fsp3) is 0.333. The molecule has 0 radical (unpaired) electrons. The Morgan fingerprint density at radius 3 is 2.68 bits per heavy atom. The molecule has 0 aliphatic heterocycles. The van der Waals surface area contributed by atoms with Gasteiger partial charge < -0.3 is 4.74 Å². The number of aryl methyl sites for hydroxylation is 1. The van der Waals surface area contributed by atoms with Crippen molar-refractivity contribution in [2.24, 2.45) is 0 Å². The lowest BCUT2D eigenvalue weighted by Crippen LogP contribution is -2.09. The lowest BCUT2D eigenvalue weighted by Gasteiger charge is -2.05. The van der Waals surface area contributed by atoms with Gasteiger partial charge in [-0.25, -0.2) is 13.0 Å². The average molecular weight is 282 g/mol. The Bertz CT molecular complexity index is 664. The summed E-state index contributed by atoms with van der Waals surface area (Å²) >= 11 is 0. The molecule has 0 saturated carbocycles. The van der Waals surface area contributed by atoms with Crippen LogP contribution in [0, 0.1) is 6.92 Å². The molecule has 1 heterocycles. The lowest BCUT2D eigenvalue weighted by atomic mass is 10.2. The van der Waals surface area contributed by atoms with Gasteiger partial charge >= 0.3 is 0 Å². The molecular weight excluding hydrogens is 268 g/mol. The molecule has 1 aromatic carbocycles. The molecule has 0 atom stereocenters. The summed E-state index contributed by atoms with van der Waals surface area (Å²) in [5.41, 5.74) is 1.52. The predicted molar refractivity (Wildman–Crippen MR) is 68.4 cm³/mol. The Labute approximate surface area is 111 Å². The van der Waals surface area contributed by atoms with Crippen LogP contribution in [-0.4, -0.2) is 25.8 Å². The van der Waals surface area contributed by atoms with E-state index in [0.29, 0.717) is 22.7 Å². The molecule has 0 amide bonds. The van der Waals surface area contributed by atoms with E-state index >= 15 is 0 Å². The summed E-state index contributed by atoms with van der Waals surface area (Å²) in [5.74, 6) is 0.378. The van der Waals surface area contributed by atoms with Crippen LogP contribution in [0.25, 0.3) is 0 Å². The van der Waals surface area contributed by atoms with Crippen LogP contribution in [-0.2, 0) is 21.3 Å². The molecule has 0 saturated heterocycles. The van der Waals surface area contributed by atoms with Crippen molar-refractivity contribution in [2.75, 3.05) is 7.11 Å². The Kier molecular flexibility index (Phi) is 3.84. The third-order valence-corrected chi connectivity index (χ3v) is 4.11. The van der Waals surface area contributed by atoms with Gasteiger partial charge in [0.25, 0.3) is 0 Å². The molecule has 0 aliphatic carbocycles. The number of methoxy groups -OCH3 is 1. The Morgan fingerprint density at radius 1 is 1.26 bits per heavy atom. The van der Waals surface area contributed by atoms with E-state index < -0.39 is 9.84 Å². The van der Waals surface area contributed by atoms with Crippen LogP contribution in [0.3, 0.4) is 0 Å². The monoisotopic (exact) mass is 282 g/mol. The van der Waals surface area contributed by atoms with E-state index in [4.69, 9.17) is 4.74 Å². The van der Waals surface area contributed by atoms with Gasteiger partial charge in [-0.3, -0.25) is 0 Å². The third kappa shape index (κ3) is 3.54. The van der Waals surface area contributed by atoms with E-state index in [-0.39, 0.29) is 11.5 Å². The topological polar surface area (TPSA) is 82.3 Å². The predicted octanol–water partition coefficient (Wildman–Crippen LogP) is 1.50. The van der Waals surface area contributed by atoms with Crippen LogP contribution in [0.1, 0.15) is 17.0 Å². The summed E-state index contributed by atoms with van der Waals surface area (Å²) in [6, 6.07) is 6.97. The molecule has 0 N–H and O–H groups in total. The van der Waals surface area contributed by atoms with E-state index in [2.05, 4.69) is 14.9 Å². The molecule has 0 unspecified atom stereocenters. The van der Waals surface area contributed by atoms with Gasteiger partial charge in [-0.15, -0.1) is 0 Å². The van der Waals surface area contributed by atoms with Gasteiger partial charge in [0.2, 0.25) is 0 Å². The summed E-state index contributed by atoms with van der Waals surface area (Å²) in [7, 11) is -1.78. The number of ether oxygens (including phenoxy) is 1. The first-order chi connectivity index (χ1) is 9.00. The van der Waals surface area contributed by atoms with Crippen molar-refractivity contribution in [3.05, 3.63) is 41.2 Å². The number of hydrogen-bond donors (Lipinski definition) is 0. The van der Waals surface area contributed by atoms with Crippen LogP contribution in [0.15, 0.2) is 28.9 Å². The van der Waals surface area contributed by atoms with Crippen molar-refractivity contribution in [3.63, 3.8) is 0 Å². The van der Waals surface area contributed by atoms with Crippen molar-refractivity contribution < 1.29 is 17.8 Å². The minimum absolute atomic E-state index is 0.0729. The molecule has 6 nitrogen and oxygen atoms in total. The number of hydrogen-bond acceptors (Lipinski definition) is 6. The molecule has 1 aromatic heterocycles. The normalized spacial score (nSPS) is 11.5. The highest BCUT2D eigenvalue weighted by atomic mass is 32.2. The molecule has 2 aromatic rings. The highest BCUT2D eigenvalue weighted by molar-refractivity contribution is 7.89. The van der Waals surface area contributed by atoms with Gasteiger partial charge in [0.1, 0.15) is 17.1 Å². The number of rotatable bonds is 5. The Morgan fingerprint density at radius 2 is 2.05 bits per heavy atom. The molecule has 19 heavy (non-hydrogen) atoms. The Balaban J connectivity index is 2.15. The summed E-state index contributed by atoms with van der Waals surface area (Å²) in [6.07, 6.45) is 0. The SMILES string of the molecule is COc1cccc(CS(=O)(=O)Cc2nonc2C)c1. The first-order valence-electron chi connectivity index (χ1n) is 5.61. The minimum Gasteiger partial charge on any atom is -0.497 e. The van der Waals surface area contributed by atoms with E-state index in [9.17, 15) is 8.42 Å². The van der Waals surface area contributed by atoms with Gasteiger partial charge in [0, 0.05) is 0 Å². The minimum atomic E-state index is -3.32. The van der Waals surface area contributed by atoms with Crippen LogP contribution in [0.4, 0.5) is 0 Å². The zero-order chi connectivity index (χ0) is 13.9. The smallest absolute Gasteiger partial charge is 0.160 e. The van der Waals surface area contributed by atoms with Crippen molar-refractivity contribution in [3.8, 4) is 5.75 Å². The lowest BCUT2D eigenvalue weighted by molar-refractivity contribution is 0.302. The second-order valence-corrected chi connectivity index (χ2v) is 6.24. The molecule has 0 fully saturated rings. The van der Waals surface area contributed by atoms with Crippen molar-refractivity contribution in [2.45, 2.75) is 18.4 Å². The van der Waals surface area contributed by atoms with Crippen molar-refractivity contribution >= 4 is 9.84 Å². The maximum Gasteiger partial charge on any atom is 0.160 e. The largest absolute Gasteiger partial charge is 0.497 e. The van der Waals surface area contributed by atoms with Crippen molar-refractivity contribution in [1.82, 2.24) is 10.3 Å². The highest BCUT2D eigenvalue weighted by Crippen LogP contribution is 2.17. The second-order valence-electron chi connectivity index (χ2n) is 4.18. The first-order valence-corrected chi connectivity index (χ1v) is 7.44. The maximum absolute atomic E-state index is 12.1. The van der Waals surface area contributed by atoms with Crippen LogP contribution < -0.4 is 4.74 Å². The summed E-state index contributed by atoms with van der Waals surface area (Å²) in [6.45, 7) is 1.66. The molecule has 0 aliphatic rings. The number of nitrogens with zero attached hydrogens (tertiary/aromatic N) is 2. The van der Waals surface area contributed by atoms with Gasteiger partial charge in [0.05, 0.1) is 18.6 Å². The first kappa shape index (κ1) is 13.5. The maximum atomic E-state index is 12.1. The molecule has 0 spiro atoms.